The fraction of sp³-hybridized carbons (Fsp3) is 0.938. The molecule has 19 heavy (non-hydrogen) atoms. The van der Waals surface area contributed by atoms with E-state index < -0.39 is 8.07 Å². The Morgan fingerprint density at radius 2 is 1.95 bits per heavy atom. The number of carbonyl (C=O) groups is 1. The largest absolute Gasteiger partial charge is 0.371 e. The molecular weight excluding hydrogens is 252 g/mol. The number of ketones is 1. The van der Waals surface area contributed by atoms with Crippen LogP contribution in [0.15, 0.2) is 0 Å². The van der Waals surface area contributed by atoms with Crippen molar-refractivity contribution in [1.82, 2.24) is 0 Å². The Bertz CT molecular complexity index is 413. The van der Waals surface area contributed by atoms with Gasteiger partial charge < -0.3 is 4.74 Å². The Labute approximate surface area is 118 Å². The normalized spacial score (nSPS) is 50.2. The molecule has 2 unspecified atom stereocenters. The van der Waals surface area contributed by atoms with Crippen LogP contribution in [0.1, 0.15) is 46.0 Å². The standard InChI is InChI=1S/C16H28O2Si/c1-11-14(19(3,4)5)12-8-10-15(2)13(17)7-6-9-16(12,15)18-11/h11-12,14H,6-10H2,1-5H3/t11-,12?,14-,15-,16?/m0/s1. The van der Waals surface area contributed by atoms with Crippen LogP contribution < -0.4 is 0 Å². The van der Waals surface area contributed by atoms with Crippen molar-refractivity contribution in [3.05, 3.63) is 0 Å². The highest BCUT2D eigenvalue weighted by Gasteiger charge is 2.70. The first kappa shape index (κ1) is 13.8. The Kier molecular flexibility index (Phi) is 2.87. The van der Waals surface area contributed by atoms with E-state index in [1.807, 2.05) is 0 Å². The number of hydrogen-bond acceptors (Lipinski definition) is 2. The summed E-state index contributed by atoms with van der Waals surface area (Å²) < 4.78 is 6.60. The third-order valence-corrected chi connectivity index (χ3v) is 9.26. The zero-order valence-electron chi connectivity index (χ0n) is 13.1. The molecule has 0 amide bonds. The van der Waals surface area contributed by atoms with Crippen molar-refractivity contribution in [1.29, 1.82) is 0 Å². The van der Waals surface area contributed by atoms with Crippen LogP contribution >= 0.6 is 0 Å². The fourth-order valence-corrected chi connectivity index (χ4v) is 8.83. The lowest BCUT2D eigenvalue weighted by molar-refractivity contribution is -0.162. The summed E-state index contributed by atoms with van der Waals surface area (Å²) >= 11 is 0. The van der Waals surface area contributed by atoms with E-state index >= 15 is 0 Å². The molecule has 1 heterocycles. The van der Waals surface area contributed by atoms with Crippen LogP contribution in [-0.2, 0) is 9.53 Å². The summed E-state index contributed by atoms with van der Waals surface area (Å²) in [7, 11) is -1.25. The first-order chi connectivity index (χ1) is 8.72. The number of hydrogen-bond donors (Lipinski definition) is 0. The number of carbonyl (C=O) groups excluding carboxylic acids is 1. The van der Waals surface area contributed by atoms with Gasteiger partial charge in [0, 0.05) is 6.42 Å². The molecule has 0 bridgehead atoms. The Balaban J connectivity index is 2.04. The van der Waals surface area contributed by atoms with Crippen molar-refractivity contribution in [3.8, 4) is 0 Å². The molecule has 1 saturated heterocycles. The van der Waals surface area contributed by atoms with Crippen molar-refractivity contribution in [2.24, 2.45) is 11.3 Å². The molecule has 1 spiro atoms. The maximum absolute atomic E-state index is 12.5. The van der Waals surface area contributed by atoms with E-state index in [9.17, 15) is 4.79 Å². The van der Waals surface area contributed by atoms with Crippen LogP contribution in [0.5, 0.6) is 0 Å². The molecule has 3 heteroatoms. The van der Waals surface area contributed by atoms with Crippen molar-refractivity contribution < 1.29 is 9.53 Å². The van der Waals surface area contributed by atoms with E-state index in [0.717, 1.165) is 31.2 Å². The summed E-state index contributed by atoms with van der Waals surface area (Å²) in [6.07, 6.45) is 5.55. The van der Waals surface area contributed by atoms with Crippen molar-refractivity contribution in [3.63, 3.8) is 0 Å². The van der Waals surface area contributed by atoms with Gasteiger partial charge in [0.25, 0.3) is 0 Å². The number of ether oxygens (including phenoxy) is 1. The predicted molar refractivity (Wildman–Crippen MR) is 80.1 cm³/mol. The first-order valence-corrected chi connectivity index (χ1v) is 11.5. The van der Waals surface area contributed by atoms with Gasteiger partial charge in [0.15, 0.2) is 0 Å². The van der Waals surface area contributed by atoms with E-state index in [-0.39, 0.29) is 11.0 Å². The average molecular weight is 280 g/mol. The highest BCUT2D eigenvalue weighted by molar-refractivity contribution is 6.77. The van der Waals surface area contributed by atoms with Crippen LogP contribution in [0.3, 0.4) is 0 Å². The zero-order valence-corrected chi connectivity index (χ0v) is 14.1. The van der Waals surface area contributed by atoms with Crippen LogP contribution in [-0.4, -0.2) is 25.6 Å². The summed E-state index contributed by atoms with van der Waals surface area (Å²) in [6, 6.07) is 0. The van der Waals surface area contributed by atoms with Gasteiger partial charge in [-0.1, -0.05) is 19.6 Å². The molecule has 0 aromatic heterocycles. The van der Waals surface area contributed by atoms with Gasteiger partial charge in [-0.15, -0.1) is 0 Å². The van der Waals surface area contributed by atoms with Gasteiger partial charge in [0.1, 0.15) is 5.78 Å². The molecule has 0 aromatic carbocycles. The Hall–Kier alpha value is -0.153. The second-order valence-electron chi connectivity index (χ2n) is 8.36. The van der Waals surface area contributed by atoms with Gasteiger partial charge in [-0.25, -0.2) is 0 Å². The number of Topliss-reactive ketones (excluding diaryl/α,β-unsaturated/α-hetero) is 1. The van der Waals surface area contributed by atoms with E-state index in [4.69, 9.17) is 4.74 Å². The topological polar surface area (TPSA) is 26.3 Å². The molecule has 0 N–H and O–H groups in total. The molecule has 2 aliphatic carbocycles. The van der Waals surface area contributed by atoms with Crippen LogP contribution in [0.2, 0.25) is 25.2 Å². The van der Waals surface area contributed by atoms with Gasteiger partial charge >= 0.3 is 0 Å². The highest BCUT2D eigenvalue weighted by atomic mass is 28.3. The third-order valence-electron chi connectivity index (χ3n) is 6.39. The van der Waals surface area contributed by atoms with Crippen LogP contribution in [0.25, 0.3) is 0 Å². The molecule has 2 nitrogen and oxygen atoms in total. The summed E-state index contributed by atoms with van der Waals surface area (Å²) in [6.45, 7) is 11.9. The van der Waals surface area contributed by atoms with Crippen LogP contribution in [0.4, 0.5) is 0 Å². The predicted octanol–water partition coefficient (Wildman–Crippen LogP) is 4.02. The molecule has 108 valence electrons. The van der Waals surface area contributed by atoms with Crippen LogP contribution in [0, 0.1) is 11.3 Å². The molecule has 2 saturated carbocycles. The summed E-state index contributed by atoms with van der Waals surface area (Å²) in [5, 5.41) is 0. The van der Waals surface area contributed by atoms with Crippen molar-refractivity contribution in [2.75, 3.05) is 0 Å². The molecule has 5 atom stereocenters. The molecular formula is C16H28O2Si. The Morgan fingerprint density at radius 3 is 2.58 bits per heavy atom. The van der Waals surface area contributed by atoms with Gasteiger partial charge in [0.05, 0.1) is 25.2 Å². The molecule has 3 aliphatic rings. The smallest absolute Gasteiger partial charge is 0.141 e. The Morgan fingerprint density at radius 1 is 1.26 bits per heavy atom. The first-order valence-electron chi connectivity index (χ1n) is 7.93. The lowest BCUT2D eigenvalue weighted by Gasteiger charge is -2.46. The molecule has 3 rings (SSSR count). The minimum absolute atomic E-state index is 0.104. The van der Waals surface area contributed by atoms with E-state index in [1.54, 1.807) is 0 Å². The average Bonchev–Trinajstić information content (AvgIpc) is 2.70. The van der Waals surface area contributed by atoms with Gasteiger partial charge in [0.2, 0.25) is 0 Å². The zero-order chi connectivity index (χ0) is 14.1. The summed E-state index contributed by atoms with van der Waals surface area (Å²) in [5.74, 6) is 1.12. The maximum Gasteiger partial charge on any atom is 0.141 e. The molecule has 0 aromatic rings. The van der Waals surface area contributed by atoms with Gasteiger partial charge in [-0.3, -0.25) is 4.79 Å². The second-order valence-corrected chi connectivity index (χ2v) is 13.8. The lowest BCUT2D eigenvalue weighted by Crippen LogP contribution is -2.53. The monoisotopic (exact) mass is 280 g/mol. The van der Waals surface area contributed by atoms with Gasteiger partial charge in [-0.05, 0) is 51.0 Å². The maximum atomic E-state index is 12.5. The van der Waals surface area contributed by atoms with Crippen molar-refractivity contribution >= 4 is 13.9 Å². The fourth-order valence-electron chi connectivity index (χ4n) is 5.71. The molecule has 0 radical (unpaired) electrons. The second kappa shape index (κ2) is 3.94. The SMILES string of the molecule is C[C@@H]1OC23CCCC(=O)[C@]2(C)CCC3[C@H]1[Si](C)(C)C. The quantitative estimate of drug-likeness (QED) is 0.678. The van der Waals surface area contributed by atoms with E-state index in [1.165, 1.54) is 6.42 Å². The third kappa shape index (κ3) is 1.60. The van der Waals surface area contributed by atoms with E-state index in [0.29, 0.717) is 17.8 Å². The number of rotatable bonds is 1. The minimum atomic E-state index is -1.25. The minimum Gasteiger partial charge on any atom is -0.371 e. The lowest BCUT2D eigenvalue weighted by atomic mass is 9.63. The molecule has 1 aliphatic heterocycles. The molecule has 3 fully saturated rings. The van der Waals surface area contributed by atoms with Crippen molar-refractivity contribution in [2.45, 2.75) is 82.8 Å². The summed E-state index contributed by atoms with van der Waals surface area (Å²) in [4.78, 5) is 12.5. The summed E-state index contributed by atoms with van der Waals surface area (Å²) in [5.41, 5.74) is 0.436. The highest BCUT2D eigenvalue weighted by Crippen LogP contribution is 2.67. The van der Waals surface area contributed by atoms with E-state index in [2.05, 4.69) is 33.5 Å². The van der Waals surface area contributed by atoms with Gasteiger partial charge in [-0.2, -0.15) is 0 Å².